The summed E-state index contributed by atoms with van der Waals surface area (Å²) in [6.07, 6.45) is 1.06. The van der Waals surface area contributed by atoms with E-state index in [0.717, 1.165) is 11.3 Å². The van der Waals surface area contributed by atoms with Crippen LogP contribution in [0.1, 0.15) is 12.8 Å². The van der Waals surface area contributed by atoms with Crippen molar-refractivity contribution >= 4 is 44.6 Å². The third-order valence-electron chi connectivity index (χ3n) is 4.04. The second kappa shape index (κ2) is 8.27. The number of anilines is 1. The number of nitriles is 1. The molecule has 1 N–H and O–H groups in total. The van der Waals surface area contributed by atoms with Crippen LogP contribution in [0.25, 0.3) is 0 Å². The molecule has 1 aromatic heterocycles. The molecule has 142 valence electrons. The molecule has 1 atom stereocenters. The highest BCUT2D eigenvalue weighted by Gasteiger charge is 2.40. The van der Waals surface area contributed by atoms with Crippen molar-refractivity contribution in [2.24, 2.45) is 0 Å². The summed E-state index contributed by atoms with van der Waals surface area (Å²) in [5, 5.41) is 11.2. The van der Waals surface area contributed by atoms with Crippen LogP contribution in [0.4, 0.5) is 5.69 Å². The molecule has 1 fully saturated rings. The van der Waals surface area contributed by atoms with Crippen LogP contribution in [0.15, 0.2) is 40.6 Å². The number of halogens is 1. The number of hydrogen-bond donors (Lipinski definition) is 1. The van der Waals surface area contributed by atoms with Gasteiger partial charge < -0.3 is 10.1 Å². The van der Waals surface area contributed by atoms with E-state index in [-0.39, 0.29) is 23.3 Å². The Hall–Kier alpha value is -2.12. The van der Waals surface area contributed by atoms with Gasteiger partial charge in [-0.15, -0.1) is 11.3 Å². The van der Waals surface area contributed by atoms with Crippen molar-refractivity contribution in [3.05, 3.63) is 40.7 Å². The highest BCUT2D eigenvalue weighted by Crippen LogP contribution is 2.32. The first-order valence-corrected chi connectivity index (χ1v) is 10.7. The molecule has 0 radical (unpaired) electrons. The summed E-state index contributed by atoms with van der Waals surface area (Å²) < 4.78 is 32.5. The molecule has 2 heterocycles. The number of ether oxygens (including phenoxy) is 1. The molecule has 1 aliphatic heterocycles. The maximum Gasteiger partial charge on any atom is 0.253 e. The van der Waals surface area contributed by atoms with Crippen molar-refractivity contribution in [1.29, 1.82) is 5.26 Å². The van der Waals surface area contributed by atoms with E-state index in [1.165, 1.54) is 16.4 Å². The van der Waals surface area contributed by atoms with E-state index in [1.54, 1.807) is 24.3 Å². The van der Waals surface area contributed by atoms with Crippen LogP contribution < -0.4 is 10.1 Å². The van der Waals surface area contributed by atoms with Gasteiger partial charge in [0.15, 0.2) is 6.61 Å². The van der Waals surface area contributed by atoms with Gasteiger partial charge in [0.2, 0.25) is 5.91 Å². The smallest absolute Gasteiger partial charge is 0.253 e. The average molecular weight is 426 g/mol. The van der Waals surface area contributed by atoms with Crippen LogP contribution in [-0.4, -0.2) is 37.8 Å². The molecular weight excluding hydrogens is 410 g/mol. The van der Waals surface area contributed by atoms with Gasteiger partial charge in [0.1, 0.15) is 22.1 Å². The van der Waals surface area contributed by atoms with Crippen LogP contribution in [0.5, 0.6) is 5.75 Å². The standard InChI is InChI=1S/C17H16ClN3O4S2/c18-15-7-8-16(26-15)27(23,24)21-10-1-2-14(21)17(22)20-12-3-5-13(6-4-12)25-11-9-19/h3-8,14H,1-2,10-11H2,(H,20,22)/t14-/m0/s1. The summed E-state index contributed by atoms with van der Waals surface area (Å²) in [6, 6.07) is 10.6. The minimum absolute atomic E-state index is 0.0622. The van der Waals surface area contributed by atoms with Gasteiger partial charge in [-0.3, -0.25) is 4.79 Å². The predicted octanol–water partition coefficient (Wildman–Crippen LogP) is 3.10. The van der Waals surface area contributed by atoms with Gasteiger partial charge in [0, 0.05) is 12.2 Å². The van der Waals surface area contributed by atoms with Gasteiger partial charge in [-0.2, -0.15) is 9.57 Å². The van der Waals surface area contributed by atoms with Gasteiger partial charge in [-0.05, 0) is 49.2 Å². The molecule has 1 aliphatic rings. The van der Waals surface area contributed by atoms with Crippen molar-refractivity contribution in [3.8, 4) is 11.8 Å². The SMILES string of the molecule is N#CCOc1ccc(NC(=O)[C@@H]2CCCN2S(=O)(=O)c2ccc(Cl)s2)cc1. The van der Waals surface area contributed by atoms with Gasteiger partial charge in [0.25, 0.3) is 10.0 Å². The van der Waals surface area contributed by atoms with Gasteiger partial charge in [-0.25, -0.2) is 8.42 Å². The quantitative estimate of drug-likeness (QED) is 0.766. The number of carbonyl (C=O) groups excluding carboxylic acids is 1. The molecule has 3 rings (SSSR count). The minimum atomic E-state index is -3.77. The van der Waals surface area contributed by atoms with Crippen LogP contribution >= 0.6 is 22.9 Å². The number of rotatable bonds is 6. The molecule has 0 aliphatic carbocycles. The van der Waals surface area contributed by atoms with Crippen molar-refractivity contribution in [3.63, 3.8) is 0 Å². The highest BCUT2D eigenvalue weighted by molar-refractivity contribution is 7.91. The van der Waals surface area contributed by atoms with Crippen molar-refractivity contribution in [2.75, 3.05) is 18.5 Å². The lowest BCUT2D eigenvalue weighted by atomic mass is 10.2. The predicted molar refractivity (Wildman–Crippen MR) is 102 cm³/mol. The number of nitrogens with one attached hydrogen (secondary N) is 1. The minimum Gasteiger partial charge on any atom is -0.479 e. The fraction of sp³-hybridized carbons (Fsp3) is 0.294. The molecule has 27 heavy (non-hydrogen) atoms. The Morgan fingerprint density at radius 2 is 2.07 bits per heavy atom. The number of sulfonamides is 1. The Morgan fingerprint density at radius 1 is 1.33 bits per heavy atom. The van der Waals surface area contributed by atoms with E-state index >= 15 is 0 Å². The third-order valence-corrected chi connectivity index (χ3v) is 7.65. The van der Waals surface area contributed by atoms with Crippen molar-refractivity contribution in [2.45, 2.75) is 23.1 Å². The number of benzene rings is 1. The Bertz CT molecular complexity index is 967. The lowest BCUT2D eigenvalue weighted by molar-refractivity contribution is -0.119. The fourth-order valence-corrected chi connectivity index (χ4v) is 6.09. The molecule has 2 aromatic rings. The summed E-state index contributed by atoms with van der Waals surface area (Å²) in [6.45, 7) is 0.226. The topological polar surface area (TPSA) is 99.5 Å². The maximum absolute atomic E-state index is 12.8. The van der Waals surface area contributed by atoms with Crippen LogP contribution in [0, 0.1) is 11.3 Å². The zero-order chi connectivity index (χ0) is 19.4. The summed E-state index contributed by atoms with van der Waals surface area (Å²) in [7, 11) is -3.77. The van der Waals surface area contributed by atoms with E-state index in [2.05, 4.69) is 5.32 Å². The summed E-state index contributed by atoms with van der Waals surface area (Å²) in [4.78, 5) is 12.7. The normalized spacial score (nSPS) is 17.4. The number of carbonyl (C=O) groups is 1. The van der Waals surface area contributed by atoms with Crippen molar-refractivity contribution in [1.82, 2.24) is 4.31 Å². The second-order valence-corrected chi connectivity index (χ2v) is 9.63. The molecular formula is C17H16ClN3O4S2. The first kappa shape index (κ1) is 19.6. The molecule has 10 heteroatoms. The average Bonchev–Trinajstić information content (AvgIpc) is 3.31. The zero-order valence-corrected chi connectivity index (χ0v) is 16.5. The number of amides is 1. The summed E-state index contributed by atoms with van der Waals surface area (Å²) in [5.74, 6) is 0.124. The first-order valence-electron chi connectivity index (χ1n) is 8.09. The number of hydrogen-bond acceptors (Lipinski definition) is 6. The lowest BCUT2D eigenvalue weighted by Gasteiger charge is -2.22. The molecule has 0 bridgehead atoms. The maximum atomic E-state index is 12.8. The van der Waals surface area contributed by atoms with Crippen LogP contribution in [0.3, 0.4) is 0 Å². The molecule has 1 aromatic carbocycles. The summed E-state index contributed by atoms with van der Waals surface area (Å²) >= 11 is 6.83. The lowest BCUT2D eigenvalue weighted by Crippen LogP contribution is -2.42. The molecule has 7 nitrogen and oxygen atoms in total. The number of nitrogens with zero attached hydrogens (tertiary/aromatic N) is 2. The van der Waals surface area contributed by atoms with E-state index in [0.29, 0.717) is 28.6 Å². The largest absolute Gasteiger partial charge is 0.479 e. The Labute approximate surface area is 166 Å². The molecule has 0 spiro atoms. The monoisotopic (exact) mass is 425 g/mol. The van der Waals surface area contributed by atoms with E-state index in [4.69, 9.17) is 21.6 Å². The summed E-state index contributed by atoms with van der Waals surface area (Å²) in [5.41, 5.74) is 0.521. The molecule has 1 amide bonds. The number of thiophene rings is 1. The van der Waals surface area contributed by atoms with Crippen LogP contribution in [0.2, 0.25) is 4.34 Å². The van der Waals surface area contributed by atoms with Crippen LogP contribution in [-0.2, 0) is 14.8 Å². The van der Waals surface area contributed by atoms with E-state index in [1.807, 2.05) is 6.07 Å². The molecule has 1 saturated heterocycles. The van der Waals surface area contributed by atoms with Crippen molar-refractivity contribution < 1.29 is 17.9 Å². The second-order valence-electron chi connectivity index (χ2n) is 5.79. The fourth-order valence-electron chi connectivity index (χ4n) is 2.82. The Kier molecular flexibility index (Phi) is 6.01. The van der Waals surface area contributed by atoms with Gasteiger partial charge in [-0.1, -0.05) is 11.6 Å². The van der Waals surface area contributed by atoms with E-state index < -0.39 is 16.1 Å². The van der Waals surface area contributed by atoms with Gasteiger partial charge in [0.05, 0.1) is 4.34 Å². The van der Waals surface area contributed by atoms with E-state index in [9.17, 15) is 13.2 Å². The zero-order valence-electron chi connectivity index (χ0n) is 14.1. The molecule has 0 unspecified atom stereocenters. The van der Waals surface area contributed by atoms with Gasteiger partial charge >= 0.3 is 0 Å². The first-order chi connectivity index (χ1) is 12.9. The Balaban J connectivity index is 1.71. The highest BCUT2D eigenvalue weighted by atomic mass is 35.5. The Morgan fingerprint density at radius 3 is 2.70 bits per heavy atom. The third kappa shape index (κ3) is 4.42. The molecule has 0 saturated carbocycles.